The average molecular weight is 460 g/mol. The number of piperidine rings is 1. The van der Waals surface area contributed by atoms with Crippen LogP contribution >= 0.6 is 23.2 Å². The van der Waals surface area contributed by atoms with Crippen LogP contribution in [0.3, 0.4) is 0 Å². The SMILES string of the molecule is O=C(NCc1ccc(Cl)cc1Cl)N1CCC(N2C(=O)O[C@H]3Cc4ccccc4[C@H]32)CC1. The summed E-state index contributed by atoms with van der Waals surface area (Å²) in [5, 5.41) is 4.02. The van der Waals surface area contributed by atoms with Crippen molar-refractivity contribution in [3.8, 4) is 0 Å². The first-order valence-electron chi connectivity index (χ1n) is 10.5. The number of hydrogen-bond donors (Lipinski definition) is 1. The summed E-state index contributed by atoms with van der Waals surface area (Å²) in [6.07, 6.45) is 1.91. The Bertz CT molecular complexity index is 1020. The van der Waals surface area contributed by atoms with Crippen molar-refractivity contribution in [2.24, 2.45) is 0 Å². The first-order valence-corrected chi connectivity index (χ1v) is 11.3. The maximum Gasteiger partial charge on any atom is 0.411 e. The molecule has 0 radical (unpaired) electrons. The summed E-state index contributed by atoms with van der Waals surface area (Å²) in [7, 11) is 0. The molecule has 2 aromatic carbocycles. The third kappa shape index (κ3) is 3.83. The topological polar surface area (TPSA) is 61.9 Å². The predicted octanol–water partition coefficient (Wildman–Crippen LogP) is 4.79. The Hall–Kier alpha value is -2.44. The molecule has 2 atom stereocenters. The van der Waals surface area contributed by atoms with Crippen molar-refractivity contribution >= 4 is 35.3 Å². The standard InChI is InChI=1S/C23H23Cl2N3O3/c24-16-6-5-15(19(25)12-16)13-26-22(29)27-9-7-17(8-10-27)28-21-18-4-2-1-3-14(18)11-20(21)31-23(28)30/h1-6,12,17,20-21H,7-11,13H2,(H,26,29)/t20-,21+/m0/s1. The number of rotatable bonds is 3. The molecule has 2 heterocycles. The van der Waals surface area contributed by atoms with Gasteiger partial charge in [-0.1, -0.05) is 53.5 Å². The van der Waals surface area contributed by atoms with Crippen molar-refractivity contribution in [2.75, 3.05) is 13.1 Å². The molecule has 3 amide bonds. The Morgan fingerprint density at radius 2 is 1.90 bits per heavy atom. The van der Waals surface area contributed by atoms with E-state index < -0.39 is 0 Å². The fraction of sp³-hybridized carbons (Fsp3) is 0.391. The van der Waals surface area contributed by atoms with Gasteiger partial charge in [-0.25, -0.2) is 9.59 Å². The number of ether oxygens (including phenoxy) is 1. The van der Waals surface area contributed by atoms with Gasteiger partial charge in [0, 0.05) is 42.1 Å². The highest BCUT2D eigenvalue weighted by Gasteiger charge is 2.50. The summed E-state index contributed by atoms with van der Waals surface area (Å²) in [5.41, 5.74) is 3.27. The second-order valence-corrected chi connectivity index (χ2v) is 9.13. The zero-order valence-electron chi connectivity index (χ0n) is 16.9. The highest BCUT2D eigenvalue weighted by atomic mass is 35.5. The molecule has 0 spiro atoms. The molecule has 2 aliphatic heterocycles. The van der Waals surface area contributed by atoms with Crippen LogP contribution in [0.1, 0.15) is 35.6 Å². The molecule has 2 fully saturated rings. The zero-order valence-corrected chi connectivity index (χ0v) is 18.4. The second kappa shape index (κ2) is 8.24. The second-order valence-electron chi connectivity index (χ2n) is 8.29. The molecule has 0 unspecified atom stereocenters. The molecule has 1 N–H and O–H groups in total. The molecule has 2 aromatic rings. The third-order valence-electron chi connectivity index (χ3n) is 6.50. The summed E-state index contributed by atoms with van der Waals surface area (Å²) in [6.45, 7) is 1.52. The van der Waals surface area contributed by atoms with Crippen LogP contribution < -0.4 is 5.32 Å². The van der Waals surface area contributed by atoms with E-state index in [1.165, 1.54) is 11.1 Å². The van der Waals surface area contributed by atoms with E-state index in [4.69, 9.17) is 27.9 Å². The van der Waals surface area contributed by atoms with Crippen molar-refractivity contribution in [1.29, 1.82) is 0 Å². The van der Waals surface area contributed by atoms with Gasteiger partial charge in [0.05, 0.1) is 6.04 Å². The number of amides is 3. The lowest BCUT2D eigenvalue weighted by Gasteiger charge is -2.37. The van der Waals surface area contributed by atoms with Gasteiger partial charge >= 0.3 is 12.1 Å². The lowest BCUT2D eigenvalue weighted by Crippen LogP contribution is -2.50. The number of urea groups is 1. The Balaban J connectivity index is 1.19. The van der Waals surface area contributed by atoms with E-state index in [0.29, 0.717) is 29.7 Å². The molecule has 162 valence electrons. The molecule has 3 aliphatic rings. The molecule has 2 saturated heterocycles. The van der Waals surface area contributed by atoms with Crippen LogP contribution in [-0.4, -0.2) is 47.2 Å². The van der Waals surface area contributed by atoms with E-state index >= 15 is 0 Å². The molecule has 1 aliphatic carbocycles. The fourth-order valence-corrected chi connectivity index (χ4v) is 5.42. The maximum atomic E-state index is 12.6. The number of benzene rings is 2. The van der Waals surface area contributed by atoms with Gasteiger partial charge in [-0.2, -0.15) is 0 Å². The van der Waals surface area contributed by atoms with Gasteiger partial charge in [-0.3, -0.25) is 4.90 Å². The van der Waals surface area contributed by atoms with Gasteiger partial charge in [-0.05, 0) is 41.7 Å². The van der Waals surface area contributed by atoms with Crippen molar-refractivity contribution in [3.63, 3.8) is 0 Å². The van der Waals surface area contributed by atoms with Gasteiger partial charge in [0.15, 0.2) is 0 Å². The number of nitrogens with one attached hydrogen (secondary N) is 1. The van der Waals surface area contributed by atoms with Crippen LogP contribution in [0.15, 0.2) is 42.5 Å². The van der Waals surface area contributed by atoms with Gasteiger partial charge < -0.3 is 15.0 Å². The van der Waals surface area contributed by atoms with Crippen molar-refractivity contribution in [2.45, 2.75) is 44.0 Å². The van der Waals surface area contributed by atoms with Crippen LogP contribution in [0.4, 0.5) is 9.59 Å². The highest BCUT2D eigenvalue weighted by molar-refractivity contribution is 6.35. The first-order chi connectivity index (χ1) is 15.0. The Morgan fingerprint density at radius 3 is 2.68 bits per heavy atom. The van der Waals surface area contributed by atoms with E-state index in [1.807, 2.05) is 23.1 Å². The van der Waals surface area contributed by atoms with E-state index in [9.17, 15) is 9.59 Å². The lowest BCUT2D eigenvalue weighted by molar-refractivity contribution is 0.111. The van der Waals surface area contributed by atoms with Crippen LogP contribution in [0.5, 0.6) is 0 Å². The summed E-state index contributed by atoms with van der Waals surface area (Å²) in [4.78, 5) is 29.0. The lowest BCUT2D eigenvalue weighted by atomic mass is 9.99. The van der Waals surface area contributed by atoms with Gasteiger partial charge in [0.2, 0.25) is 0 Å². The van der Waals surface area contributed by atoms with Crippen LogP contribution in [-0.2, 0) is 17.7 Å². The molecule has 0 aromatic heterocycles. The number of nitrogens with zero attached hydrogens (tertiary/aromatic N) is 2. The normalized spacial score (nSPS) is 22.8. The van der Waals surface area contributed by atoms with Crippen LogP contribution in [0, 0.1) is 0 Å². The number of hydrogen-bond acceptors (Lipinski definition) is 3. The monoisotopic (exact) mass is 459 g/mol. The summed E-state index contributed by atoms with van der Waals surface area (Å²) in [6, 6.07) is 13.4. The third-order valence-corrected chi connectivity index (χ3v) is 7.09. The number of likely N-dealkylation sites (tertiary alicyclic amines) is 1. The first kappa shape index (κ1) is 20.5. The number of carbonyl (C=O) groups excluding carboxylic acids is 2. The smallest absolute Gasteiger partial charge is 0.411 e. The summed E-state index contributed by atoms with van der Waals surface area (Å²) >= 11 is 12.1. The van der Waals surface area contributed by atoms with Crippen molar-refractivity contribution < 1.29 is 14.3 Å². The zero-order chi connectivity index (χ0) is 21.5. The van der Waals surface area contributed by atoms with E-state index in [-0.39, 0.29) is 30.3 Å². The maximum absolute atomic E-state index is 12.6. The Kier molecular flexibility index (Phi) is 5.44. The molecule has 0 saturated carbocycles. The molecule has 8 heteroatoms. The number of fused-ring (bicyclic) bond motifs is 3. The largest absolute Gasteiger partial charge is 0.443 e. The summed E-state index contributed by atoms with van der Waals surface area (Å²) in [5.74, 6) is 0. The number of halogens is 2. The predicted molar refractivity (Wildman–Crippen MR) is 118 cm³/mol. The molecule has 0 bridgehead atoms. The van der Waals surface area contributed by atoms with Crippen LogP contribution in [0.25, 0.3) is 0 Å². The van der Waals surface area contributed by atoms with Gasteiger partial charge in [-0.15, -0.1) is 0 Å². The minimum Gasteiger partial charge on any atom is -0.443 e. The van der Waals surface area contributed by atoms with E-state index in [2.05, 4.69) is 17.4 Å². The molecular weight excluding hydrogens is 437 g/mol. The van der Waals surface area contributed by atoms with Gasteiger partial charge in [0.1, 0.15) is 6.10 Å². The average Bonchev–Trinajstić information content (AvgIpc) is 3.27. The van der Waals surface area contributed by atoms with Crippen LogP contribution in [0.2, 0.25) is 10.0 Å². The molecule has 6 nitrogen and oxygen atoms in total. The number of carbonyl (C=O) groups is 2. The Morgan fingerprint density at radius 1 is 1.13 bits per heavy atom. The van der Waals surface area contributed by atoms with E-state index in [1.54, 1.807) is 17.0 Å². The minimum atomic E-state index is -0.232. The summed E-state index contributed by atoms with van der Waals surface area (Å²) < 4.78 is 5.69. The molecule has 31 heavy (non-hydrogen) atoms. The minimum absolute atomic E-state index is 0.0128. The van der Waals surface area contributed by atoms with Crippen molar-refractivity contribution in [3.05, 3.63) is 69.2 Å². The molecular formula is C23H23Cl2N3O3. The quantitative estimate of drug-likeness (QED) is 0.717. The van der Waals surface area contributed by atoms with Gasteiger partial charge in [0.25, 0.3) is 0 Å². The highest BCUT2D eigenvalue weighted by Crippen LogP contribution is 2.44. The fourth-order valence-electron chi connectivity index (χ4n) is 4.95. The van der Waals surface area contributed by atoms with Crippen molar-refractivity contribution in [1.82, 2.24) is 15.1 Å². The molecule has 5 rings (SSSR count). The Labute approximate surface area is 191 Å². The van der Waals surface area contributed by atoms with E-state index in [0.717, 1.165) is 24.8 Å².